The van der Waals surface area contributed by atoms with Gasteiger partial charge in [-0.3, -0.25) is 4.79 Å². The molecule has 1 aliphatic rings. The maximum Gasteiger partial charge on any atom is 0.247 e. The molecule has 0 radical (unpaired) electrons. The molecule has 0 N–H and O–H groups in total. The summed E-state index contributed by atoms with van der Waals surface area (Å²) in [5.41, 5.74) is 3.44. The number of carbonyl (C=O) groups is 1. The molecular formula is C19H18ClNO. The number of rotatable bonds is 2. The van der Waals surface area contributed by atoms with E-state index >= 15 is 0 Å². The molecule has 112 valence electrons. The van der Waals surface area contributed by atoms with Crippen molar-refractivity contribution in [2.45, 2.75) is 19.4 Å². The molecule has 2 nitrogen and oxygen atoms in total. The molecule has 1 heterocycles. The predicted molar refractivity (Wildman–Crippen MR) is 90.0 cm³/mol. The number of fused-ring (bicyclic) bond motifs is 1. The lowest BCUT2D eigenvalue weighted by Crippen LogP contribution is -2.39. The van der Waals surface area contributed by atoms with E-state index in [0.29, 0.717) is 11.6 Å². The third-order valence-corrected chi connectivity index (χ3v) is 4.42. The maximum absolute atomic E-state index is 12.5. The molecule has 0 aliphatic carbocycles. The van der Waals surface area contributed by atoms with E-state index in [0.717, 1.165) is 12.0 Å². The summed E-state index contributed by atoms with van der Waals surface area (Å²) >= 11 is 6.42. The zero-order valence-corrected chi connectivity index (χ0v) is 13.3. The summed E-state index contributed by atoms with van der Waals surface area (Å²) < 4.78 is 0. The number of halogens is 1. The highest BCUT2D eigenvalue weighted by molar-refractivity contribution is 6.31. The van der Waals surface area contributed by atoms with Crippen LogP contribution in [0.2, 0.25) is 5.02 Å². The lowest BCUT2D eigenvalue weighted by atomic mass is 9.88. The largest absolute Gasteiger partial charge is 0.328 e. The highest BCUT2D eigenvalue weighted by Crippen LogP contribution is 2.38. The van der Waals surface area contributed by atoms with Gasteiger partial charge in [-0.2, -0.15) is 0 Å². The monoisotopic (exact) mass is 311 g/mol. The van der Waals surface area contributed by atoms with Crippen LogP contribution in [0.1, 0.15) is 29.7 Å². The van der Waals surface area contributed by atoms with Crippen molar-refractivity contribution in [3.8, 4) is 0 Å². The Hall–Kier alpha value is -2.06. The summed E-state index contributed by atoms with van der Waals surface area (Å²) in [7, 11) is 0. The number of carbonyl (C=O) groups excluding carboxylic acids is 1. The average Bonchev–Trinajstić information content (AvgIpc) is 2.54. The van der Waals surface area contributed by atoms with Crippen molar-refractivity contribution in [1.82, 2.24) is 4.90 Å². The Morgan fingerprint density at radius 2 is 1.82 bits per heavy atom. The van der Waals surface area contributed by atoms with Crippen LogP contribution in [-0.2, 0) is 11.2 Å². The minimum Gasteiger partial charge on any atom is -0.328 e. The smallest absolute Gasteiger partial charge is 0.247 e. The molecule has 1 aliphatic heterocycles. The first kappa shape index (κ1) is 14.9. The van der Waals surface area contributed by atoms with Gasteiger partial charge < -0.3 is 4.90 Å². The van der Waals surface area contributed by atoms with E-state index in [-0.39, 0.29) is 11.9 Å². The molecule has 1 unspecified atom stereocenters. The first-order chi connectivity index (χ1) is 10.7. The normalized spacial score (nSPS) is 17.5. The van der Waals surface area contributed by atoms with Crippen molar-refractivity contribution in [3.63, 3.8) is 0 Å². The molecule has 3 rings (SSSR count). The minimum atomic E-state index is -0.123. The van der Waals surface area contributed by atoms with Crippen molar-refractivity contribution in [1.29, 1.82) is 0 Å². The van der Waals surface area contributed by atoms with E-state index in [1.54, 1.807) is 12.2 Å². The third-order valence-electron chi connectivity index (χ3n) is 4.08. The fourth-order valence-corrected chi connectivity index (χ4v) is 3.31. The van der Waals surface area contributed by atoms with E-state index < -0.39 is 0 Å². The van der Waals surface area contributed by atoms with E-state index in [4.69, 9.17) is 11.6 Å². The second kappa shape index (κ2) is 6.37. The van der Waals surface area contributed by atoms with Crippen molar-refractivity contribution < 1.29 is 4.79 Å². The molecule has 2 aromatic rings. The van der Waals surface area contributed by atoms with Gasteiger partial charge in [0.05, 0.1) is 6.04 Å². The Labute approximate surface area is 136 Å². The van der Waals surface area contributed by atoms with Gasteiger partial charge in [0, 0.05) is 11.6 Å². The zero-order chi connectivity index (χ0) is 15.5. The van der Waals surface area contributed by atoms with Gasteiger partial charge >= 0.3 is 0 Å². The van der Waals surface area contributed by atoms with Crippen LogP contribution in [0.25, 0.3) is 0 Å². The van der Waals surface area contributed by atoms with Crippen LogP contribution in [0.4, 0.5) is 0 Å². The second-order valence-electron chi connectivity index (χ2n) is 5.40. The lowest BCUT2D eigenvalue weighted by Gasteiger charge is -2.37. The fourth-order valence-electron chi connectivity index (χ4n) is 3.07. The van der Waals surface area contributed by atoms with Gasteiger partial charge in [0.25, 0.3) is 0 Å². The van der Waals surface area contributed by atoms with Crippen LogP contribution in [-0.4, -0.2) is 17.4 Å². The molecule has 1 amide bonds. The third kappa shape index (κ3) is 2.67. The molecular weight excluding hydrogens is 294 g/mol. The van der Waals surface area contributed by atoms with Gasteiger partial charge in [-0.15, -0.1) is 0 Å². The Balaban J connectivity index is 2.14. The van der Waals surface area contributed by atoms with Crippen LogP contribution in [0, 0.1) is 0 Å². The zero-order valence-electron chi connectivity index (χ0n) is 12.5. The van der Waals surface area contributed by atoms with Crippen molar-refractivity contribution in [2.75, 3.05) is 6.54 Å². The number of allylic oxidation sites excluding steroid dienone is 1. The fraction of sp³-hybridized carbons (Fsp3) is 0.211. The predicted octanol–water partition coefficient (Wildman–Crippen LogP) is 4.39. The summed E-state index contributed by atoms with van der Waals surface area (Å²) in [4.78, 5) is 14.4. The van der Waals surface area contributed by atoms with E-state index in [1.807, 2.05) is 48.2 Å². The quantitative estimate of drug-likeness (QED) is 0.753. The molecule has 0 saturated carbocycles. The average molecular weight is 312 g/mol. The van der Waals surface area contributed by atoms with Crippen molar-refractivity contribution >= 4 is 17.5 Å². The molecule has 2 aromatic carbocycles. The van der Waals surface area contributed by atoms with E-state index in [1.165, 1.54) is 11.1 Å². The van der Waals surface area contributed by atoms with E-state index in [9.17, 15) is 4.79 Å². The second-order valence-corrected chi connectivity index (χ2v) is 5.81. The van der Waals surface area contributed by atoms with Gasteiger partial charge in [0.2, 0.25) is 5.91 Å². The van der Waals surface area contributed by atoms with Crippen LogP contribution < -0.4 is 0 Å². The Bertz CT molecular complexity index is 723. The Kier molecular flexibility index (Phi) is 4.30. The lowest BCUT2D eigenvalue weighted by molar-refractivity contribution is -0.128. The van der Waals surface area contributed by atoms with Gasteiger partial charge in [0.1, 0.15) is 0 Å². The number of nitrogens with zero attached hydrogens (tertiary/aromatic N) is 1. The summed E-state index contributed by atoms with van der Waals surface area (Å²) in [6, 6.07) is 15.9. The summed E-state index contributed by atoms with van der Waals surface area (Å²) in [5.74, 6) is 0.0296. The standard InChI is InChI=1S/C19H18ClNO/c1-2-7-18(22)21-13-12-14-8-3-4-9-15(14)19(21)16-10-5-6-11-17(16)20/h2-11,19H,12-13H2,1H3/b7-2+. The molecule has 1 atom stereocenters. The number of hydrogen-bond donors (Lipinski definition) is 0. The van der Waals surface area contributed by atoms with Gasteiger partial charge in [-0.25, -0.2) is 0 Å². The van der Waals surface area contributed by atoms with Gasteiger partial charge in [0.15, 0.2) is 0 Å². The first-order valence-electron chi connectivity index (χ1n) is 7.48. The highest BCUT2D eigenvalue weighted by Gasteiger charge is 2.31. The van der Waals surface area contributed by atoms with Crippen LogP contribution in [0.5, 0.6) is 0 Å². The molecule has 0 bridgehead atoms. The molecule has 0 spiro atoms. The van der Waals surface area contributed by atoms with E-state index in [2.05, 4.69) is 12.1 Å². The molecule has 3 heteroatoms. The van der Waals surface area contributed by atoms with Crippen molar-refractivity contribution in [3.05, 3.63) is 82.4 Å². The first-order valence-corrected chi connectivity index (χ1v) is 7.85. The minimum absolute atomic E-state index is 0.0296. The summed E-state index contributed by atoms with van der Waals surface area (Å²) in [6.45, 7) is 2.57. The molecule has 0 saturated heterocycles. The topological polar surface area (TPSA) is 20.3 Å². The van der Waals surface area contributed by atoms with Gasteiger partial charge in [-0.05, 0) is 42.2 Å². The summed E-state index contributed by atoms with van der Waals surface area (Å²) in [5, 5.41) is 0.697. The highest BCUT2D eigenvalue weighted by atomic mass is 35.5. The maximum atomic E-state index is 12.5. The molecule has 0 aromatic heterocycles. The summed E-state index contributed by atoms with van der Waals surface area (Å²) in [6.07, 6.45) is 4.28. The van der Waals surface area contributed by atoms with Crippen LogP contribution in [0.3, 0.4) is 0 Å². The Morgan fingerprint density at radius 3 is 2.55 bits per heavy atom. The Morgan fingerprint density at radius 1 is 1.14 bits per heavy atom. The SMILES string of the molecule is C/C=C/C(=O)N1CCc2ccccc2C1c1ccccc1Cl. The number of benzene rings is 2. The van der Waals surface area contributed by atoms with Crippen LogP contribution in [0.15, 0.2) is 60.7 Å². The van der Waals surface area contributed by atoms with Gasteiger partial charge in [-0.1, -0.05) is 60.1 Å². The molecule has 0 fully saturated rings. The van der Waals surface area contributed by atoms with Crippen LogP contribution >= 0.6 is 11.6 Å². The number of amides is 1. The molecule has 22 heavy (non-hydrogen) atoms. The number of hydrogen-bond acceptors (Lipinski definition) is 1. The van der Waals surface area contributed by atoms with Crippen molar-refractivity contribution in [2.24, 2.45) is 0 Å².